The Morgan fingerprint density at radius 3 is 2.60 bits per heavy atom. The Bertz CT molecular complexity index is 1670. The highest BCUT2D eigenvalue weighted by Crippen LogP contribution is 2.28. The van der Waals surface area contributed by atoms with Gasteiger partial charge < -0.3 is 15.5 Å². The summed E-state index contributed by atoms with van der Waals surface area (Å²) in [6, 6.07) is 13.9. The van der Waals surface area contributed by atoms with Gasteiger partial charge in [-0.15, -0.1) is 0 Å². The molecular formula is C29H27ClFN7O4. The van der Waals surface area contributed by atoms with Crippen molar-refractivity contribution in [2.75, 3.05) is 17.2 Å². The summed E-state index contributed by atoms with van der Waals surface area (Å²) in [6.07, 6.45) is 3.07. The van der Waals surface area contributed by atoms with Gasteiger partial charge in [-0.1, -0.05) is 29.8 Å². The number of carbonyl (C=O) groups is 4. The second-order valence-electron chi connectivity index (χ2n) is 9.83. The number of hydrogen-bond donors (Lipinski definition) is 3. The second kappa shape index (κ2) is 12.4. The van der Waals surface area contributed by atoms with Gasteiger partial charge in [0.1, 0.15) is 23.9 Å². The molecule has 3 N–H and O–H groups in total. The lowest BCUT2D eigenvalue weighted by molar-refractivity contribution is -0.137. The zero-order valence-electron chi connectivity index (χ0n) is 22.6. The second-order valence-corrected chi connectivity index (χ2v) is 10.2. The molecule has 0 spiro atoms. The van der Waals surface area contributed by atoms with Crippen LogP contribution < -0.4 is 16.0 Å². The molecule has 11 nitrogen and oxygen atoms in total. The van der Waals surface area contributed by atoms with Crippen LogP contribution in [-0.4, -0.2) is 55.9 Å². The quantitative estimate of drug-likeness (QED) is 0.234. The predicted molar refractivity (Wildman–Crippen MR) is 155 cm³/mol. The number of pyridine rings is 1. The summed E-state index contributed by atoms with van der Waals surface area (Å²) in [4.78, 5) is 56.4. The smallest absolute Gasteiger partial charge is 0.324 e. The molecule has 1 aliphatic carbocycles. The average Bonchev–Trinajstić information content (AvgIpc) is 3.74. The highest BCUT2D eigenvalue weighted by molar-refractivity contribution is 6.30. The van der Waals surface area contributed by atoms with Crippen LogP contribution in [0.3, 0.4) is 0 Å². The van der Waals surface area contributed by atoms with E-state index in [2.05, 4.69) is 26.0 Å². The topological polar surface area (TPSA) is 138 Å². The fraction of sp³-hybridized carbons (Fsp3) is 0.241. The van der Waals surface area contributed by atoms with Gasteiger partial charge in [-0.2, -0.15) is 5.10 Å². The number of Topliss-reactive ketones (excluding diaryl/α,β-unsaturated/α-hetero) is 1. The van der Waals surface area contributed by atoms with Crippen molar-refractivity contribution in [2.45, 2.75) is 38.9 Å². The number of rotatable bonds is 10. The zero-order valence-corrected chi connectivity index (χ0v) is 23.3. The monoisotopic (exact) mass is 591 g/mol. The molecule has 0 radical (unpaired) electrons. The summed E-state index contributed by atoms with van der Waals surface area (Å²) in [5.41, 5.74) is 1.31. The maximum absolute atomic E-state index is 14.2. The Balaban J connectivity index is 1.28. The maximum Gasteiger partial charge on any atom is 0.324 e. The van der Waals surface area contributed by atoms with Crippen molar-refractivity contribution in [3.8, 4) is 0 Å². The van der Waals surface area contributed by atoms with Gasteiger partial charge in [0.25, 0.3) is 0 Å². The van der Waals surface area contributed by atoms with Crippen molar-refractivity contribution >= 4 is 57.6 Å². The van der Waals surface area contributed by atoms with Gasteiger partial charge >= 0.3 is 6.03 Å². The number of amides is 4. The minimum Gasteiger partial charge on any atom is -0.350 e. The Hall–Kier alpha value is -4.84. The third-order valence-corrected chi connectivity index (χ3v) is 6.95. The lowest BCUT2D eigenvalue weighted by Crippen LogP contribution is -2.43. The van der Waals surface area contributed by atoms with Crippen LogP contribution in [0.2, 0.25) is 5.02 Å². The van der Waals surface area contributed by atoms with Gasteiger partial charge in [0.2, 0.25) is 11.8 Å². The SMILES string of the molecule is CC(=O)c1nn(CC(=O)N(CC(=O)NCc2cccc(Cl)c2F)C2CC2)c2ccc(NC(=O)Nc3ccccn3)cc12. The number of nitrogens with zero attached hydrogens (tertiary/aromatic N) is 4. The fourth-order valence-corrected chi connectivity index (χ4v) is 4.66. The van der Waals surface area contributed by atoms with Crippen molar-refractivity contribution in [1.82, 2.24) is 25.0 Å². The number of benzene rings is 2. The van der Waals surface area contributed by atoms with Crippen molar-refractivity contribution in [3.63, 3.8) is 0 Å². The van der Waals surface area contributed by atoms with Gasteiger partial charge in [0.15, 0.2) is 5.78 Å². The van der Waals surface area contributed by atoms with Crippen LogP contribution in [0.5, 0.6) is 0 Å². The molecule has 4 amide bonds. The molecule has 0 unspecified atom stereocenters. The number of nitrogens with one attached hydrogen (secondary N) is 3. The fourth-order valence-electron chi connectivity index (χ4n) is 4.47. The Morgan fingerprint density at radius 2 is 1.88 bits per heavy atom. The molecule has 2 aromatic heterocycles. The van der Waals surface area contributed by atoms with Crippen molar-refractivity contribution < 1.29 is 23.6 Å². The molecule has 2 heterocycles. The lowest BCUT2D eigenvalue weighted by atomic mass is 10.1. The van der Waals surface area contributed by atoms with Crippen LogP contribution in [-0.2, 0) is 22.7 Å². The molecule has 5 rings (SSSR count). The highest BCUT2D eigenvalue weighted by atomic mass is 35.5. The van der Waals surface area contributed by atoms with E-state index >= 15 is 0 Å². The molecule has 0 atom stereocenters. The molecular weight excluding hydrogens is 565 g/mol. The minimum atomic E-state index is -0.603. The molecule has 0 saturated heterocycles. The summed E-state index contributed by atoms with van der Waals surface area (Å²) >= 11 is 5.81. The van der Waals surface area contributed by atoms with Crippen LogP contribution in [0, 0.1) is 5.82 Å². The van der Waals surface area contributed by atoms with Gasteiger partial charge in [0, 0.05) is 42.3 Å². The predicted octanol–water partition coefficient (Wildman–Crippen LogP) is 4.38. The normalized spacial score (nSPS) is 12.5. The highest BCUT2D eigenvalue weighted by Gasteiger charge is 2.34. The molecule has 4 aromatic rings. The molecule has 1 aliphatic rings. The Labute approximate surface area is 245 Å². The summed E-state index contributed by atoms with van der Waals surface area (Å²) < 4.78 is 15.6. The van der Waals surface area contributed by atoms with Crippen molar-refractivity contribution in [2.24, 2.45) is 0 Å². The number of halogens is 2. The minimum absolute atomic E-state index is 0.0384. The standard InChI is InChI=1S/C29H27ClFN7O4/c1-17(39)28-21-13-19(34-29(42)35-24-7-2-3-12-32-24)8-11-23(21)38(36-28)16-26(41)37(20-9-10-20)15-25(40)33-14-18-5-4-6-22(30)27(18)31/h2-8,11-13,20H,9-10,14-16H2,1H3,(H,33,40)(H2,32,34,35,42). The molecule has 42 heavy (non-hydrogen) atoms. The Kier molecular flexibility index (Phi) is 8.43. The maximum atomic E-state index is 14.2. The van der Waals surface area contributed by atoms with Crippen molar-refractivity contribution in [3.05, 3.63) is 82.9 Å². The van der Waals surface area contributed by atoms with E-state index in [0.29, 0.717) is 22.4 Å². The van der Waals surface area contributed by atoms with Gasteiger partial charge in [-0.05, 0) is 49.2 Å². The number of fused-ring (bicyclic) bond motifs is 1. The first kappa shape index (κ1) is 28.7. The number of ketones is 1. The summed E-state index contributed by atoms with van der Waals surface area (Å²) in [5, 5.41) is 12.8. The largest absolute Gasteiger partial charge is 0.350 e. The number of urea groups is 1. The van der Waals surface area contributed by atoms with Gasteiger partial charge in [-0.3, -0.25) is 24.4 Å². The van der Waals surface area contributed by atoms with Crippen LogP contribution in [0.4, 0.5) is 20.7 Å². The Morgan fingerprint density at radius 1 is 1.07 bits per heavy atom. The summed E-state index contributed by atoms with van der Waals surface area (Å²) in [6.45, 7) is 0.888. The van der Waals surface area contributed by atoms with Crippen LogP contribution in [0.1, 0.15) is 35.8 Å². The summed E-state index contributed by atoms with van der Waals surface area (Å²) in [7, 11) is 0. The first-order valence-electron chi connectivity index (χ1n) is 13.2. The molecule has 216 valence electrons. The molecule has 0 bridgehead atoms. The van der Waals surface area contributed by atoms with E-state index in [1.165, 1.54) is 28.6 Å². The van der Waals surface area contributed by atoms with E-state index in [-0.39, 0.29) is 53.6 Å². The van der Waals surface area contributed by atoms with E-state index in [4.69, 9.17) is 11.6 Å². The van der Waals surface area contributed by atoms with E-state index in [9.17, 15) is 23.6 Å². The third-order valence-electron chi connectivity index (χ3n) is 6.66. The van der Waals surface area contributed by atoms with E-state index < -0.39 is 17.8 Å². The lowest BCUT2D eigenvalue weighted by Gasteiger charge is -2.22. The van der Waals surface area contributed by atoms with Crippen LogP contribution >= 0.6 is 11.6 Å². The number of hydrogen-bond acceptors (Lipinski definition) is 6. The molecule has 2 aromatic carbocycles. The first-order valence-corrected chi connectivity index (χ1v) is 13.6. The van der Waals surface area contributed by atoms with Gasteiger partial charge in [0.05, 0.1) is 17.1 Å². The first-order chi connectivity index (χ1) is 20.2. The molecule has 0 aliphatic heterocycles. The molecule has 1 saturated carbocycles. The van der Waals surface area contributed by atoms with Crippen LogP contribution in [0.25, 0.3) is 10.9 Å². The average molecular weight is 592 g/mol. The van der Waals surface area contributed by atoms with E-state index in [1.54, 1.807) is 48.7 Å². The zero-order chi connectivity index (χ0) is 29.8. The van der Waals surface area contributed by atoms with E-state index in [0.717, 1.165) is 12.8 Å². The summed E-state index contributed by atoms with van der Waals surface area (Å²) in [5.74, 6) is -1.33. The number of aromatic nitrogens is 3. The van der Waals surface area contributed by atoms with Crippen LogP contribution in [0.15, 0.2) is 60.8 Å². The molecule has 1 fully saturated rings. The van der Waals surface area contributed by atoms with Crippen molar-refractivity contribution in [1.29, 1.82) is 0 Å². The number of anilines is 2. The molecule has 13 heteroatoms. The van der Waals surface area contributed by atoms with E-state index in [1.807, 2.05) is 0 Å². The third kappa shape index (κ3) is 6.72. The number of carbonyl (C=O) groups excluding carboxylic acids is 4. The van der Waals surface area contributed by atoms with Gasteiger partial charge in [-0.25, -0.2) is 14.2 Å².